The lowest BCUT2D eigenvalue weighted by molar-refractivity contribution is -0.112. The largest absolute Gasteiger partial charge is 0.373 e. The Morgan fingerprint density at radius 3 is 2.28 bits per heavy atom. The minimum atomic E-state index is -0.364. The van der Waals surface area contributed by atoms with Crippen molar-refractivity contribution in [2.24, 2.45) is 0 Å². The van der Waals surface area contributed by atoms with Crippen molar-refractivity contribution in [1.82, 2.24) is 14.9 Å². The van der Waals surface area contributed by atoms with Gasteiger partial charge in [-0.05, 0) is 30.0 Å². The van der Waals surface area contributed by atoms with Crippen molar-refractivity contribution in [3.63, 3.8) is 0 Å². The second-order valence-corrected chi connectivity index (χ2v) is 6.84. The van der Waals surface area contributed by atoms with E-state index >= 15 is 0 Å². The average molecular weight is 390 g/mol. The maximum absolute atomic E-state index is 12.8. The first kappa shape index (κ1) is 20.3. The number of hydrogen-bond acceptors (Lipinski definition) is 6. The number of carbonyl (C=O) groups is 1. The molecular formula is C22H26N6O. The van der Waals surface area contributed by atoms with E-state index in [4.69, 9.17) is 0 Å². The van der Waals surface area contributed by atoms with Crippen molar-refractivity contribution >= 4 is 17.5 Å². The van der Waals surface area contributed by atoms with E-state index in [1.165, 1.54) is 0 Å². The minimum absolute atomic E-state index is 0.113. The van der Waals surface area contributed by atoms with Gasteiger partial charge >= 0.3 is 0 Å². The second-order valence-electron chi connectivity index (χ2n) is 6.84. The van der Waals surface area contributed by atoms with Gasteiger partial charge in [-0.1, -0.05) is 32.0 Å². The normalized spacial score (nSPS) is 14.4. The van der Waals surface area contributed by atoms with Crippen LogP contribution in [0.15, 0.2) is 48.4 Å². The minimum Gasteiger partial charge on any atom is -0.373 e. The molecule has 7 nitrogen and oxygen atoms in total. The van der Waals surface area contributed by atoms with Crippen LogP contribution in [0, 0.1) is 11.3 Å². The second kappa shape index (κ2) is 9.69. The molecule has 1 N–H and O–H groups in total. The predicted octanol–water partition coefficient (Wildman–Crippen LogP) is 2.77. The van der Waals surface area contributed by atoms with E-state index < -0.39 is 0 Å². The zero-order valence-electron chi connectivity index (χ0n) is 16.9. The predicted molar refractivity (Wildman–Crippen MR) is 113 cm³/mol. The van der Waals surface area contributed by atoms with Crippen molar-refractivity contribution in [2.75, 3.05) is 36.4 Å². The van der Waals surface area contributed by atoms with Crippen LogP contribution in [0.25, 0.3) is 0 Å². The number of hydrogen-bond donors (Lipinski definition) is 1. The van der Waals surface area contributed by atoms with Gasteiger partial charge in [-0.2, -0.15) is 5.26 Å². The third-order valence-corrected chi connectivity index (χ3v) is 5.06. The number of nitrogens with one attached hydrogen (secondary N) is 1. The third-order valence-electron chi connectivity index (χ3n) is 5.06. The number of carbonyl (C=O) groups excluding carboxylic acids is 1. The molecule has 29 heavy (non-hydrogen) atoms. The highest BCUT2D eigenvalue weighted by Crippen LogP contribution is 2.23. The maximum atomic E-state index is 12.8. The molecule has 1 aliphatic heterocycles. The van der Waals surface area contributed by atoms with Crippen LogP contribution < -0.4 is 10.2 Å². The molecule has 1 fully saturated rings. The van der Waals surface area contributed by atoms with Gasteiger partial charge in [0.05, 0.1) is 0 Å². The molecule has 1 saturated heterocycles. The van der Waals surface area contributed by atoms with Crippen molar-refractivity contribution in [1.29, 1.82) is 5.26 Å². The van der Waals surface area contributed by atoms with E-state index in [1.807, 2.05) is 23.1 Å². The monoisotopic (exact) mass is 390 g/mol. The Morgan fingerprint density at radius 1 is 1.10 bits per heavy atom. The smallest absolute Gasteiger partial charge is 0.267 e. The molecule has 150 valence electrons. The molecule has 0 radical (unpaired) electrons. The standard InChI is InChI=1S/C22H26N6O/c1-3-17-7-5-8-18(4-2)20(17)26-21(29)19(15-23)16-27-11-13-28(14-12-27)22-24-9-6-10-25-22/h5-10,16H,3-4,11-14H2,1-2H3,(H,26,29)/b19-16-. The van der Waals surface area contributed by atoms with E-state index in [0.29, 0.717) is 19.0 Å². The molecular weight excluding hydrogens is 364 g/mol. The summed E-state index contributed by atoms with van der Waals surface area (Å²) in [5.41, 5.74) is 3.09. The van der Waals surface area contributed by atoms with Gasteiger partial charge in [0, 0.05) is 50.5 Å². The SMILES string of the molecule is CCc1cccc(CC)c1NC(=O)/C(C#N)=C\N1CCN(c2ncccn2)CC1. The molecule has 1 amide bonds. The Morgan fingerprint density at radius 2 is 1.72 bits per heavy atom. The Kier molecular flexibility index (Phi) is 6.80. The average Bonchev–Trinajstić information content (AvgIpc) is 2.78. The van der Waals surface area contributed by atoms with E-state index in [2.05, 4.69) is 40.1 Å². The summed E-state index contributed by atoms with van der Waals surface area (Å²) < 4.78 is 0. The van der Waals surface area contributed by atoms with E-state index in [-0.39, 0.29) is 11.5 Å². The van der Waals surface area contributed by atoms with Crippen LogP contribution in [0.1, 0.15) is 25.0 Å². The quantitative estimate of drug-likeness (QED) is 0.603. The first-order valence-electron chi connectivity index (χ1n) is 9.96. The summed E-state index contributed by atoms with van der Waals surface area (Å²) in [7, 11) is 0. The zero-order valence-corrected chi connectivity index (χ0v) is 16.9. The number of anilines is 2. The summed E-state index contributed by atoms with van der Waals surface area (Å²) in [6, 6.07) is 9.87. The Hall–Kier alpha value is -3.40. The van der Waals surface area contributed by atoms with Gasteiger partial charge in [-0.15, -0.1) is 0 Å². The lowest BCUT2D eigenvalue weighted by Gasteiger charge is -2.34. The molecule has 7 heteroatoms. The summed E-state index contributed by atoms with van der Waals surface area (Å²) in [6.07, 6.45) is 6.76. The molecule has 2 heterocycles. The van der Waals surface area contributed by atoms with Crippen molar-refractivity contribution in [3.05, 3.63) is 59.6 Å². The van der Waals surface area contributed by atoms with Crippen LogP contribution in [0.2, 0.25) is 0 Å². The molecule has 0 atom stereocenters. The molecule has 3 rings (SSSR count). The topological polar surface area (TPSA) is 85.2 Å². The number of amides is 1. The first-order chi connectivity index (χ1) is 14.2. The van der Waals surface area contributed by atoms with Crippen LogP contribution in [0.5, 0.6) is 0 Å². The highest BCUT2D eigenvalue weighted by atomic mass is 16.1. The Bertz CT molecular complexity index is 888. The number of aromatic nitrogens is 2. The van der Waals surface area contributed by atoms with Crippen molar-refractivity contribution in [2.45, 2.75) is 26.7 Å². The van der Waals surface area contributed by atoms with Crippen LogP contribution in [-0.2, 0) is 17.6 Å². The van der Waals surface area contributed by atoms with Gasteiger partial charge in [0.15, 0.2) is 0 Å². The number of benzene rings is 1. The zero-order chi connectivity index (χ0) is 20.6. The summed E-state index contributed by atoms with van der Waals surface area (Å²) >= 11 is 0. The molecule has 1 aliphatic rings. The molecule has 0 saturated carbocycles. The fraction of sp³-hybridized carbons (Fsp3) is 0.364. The van der Waals surface area contributed by atoms with Crippen molar-refractivity contribution < 1.29 is 4.79 Å². The van der Waals surface area contributed by atoms with Gasteiger partial charge in [0.1, 0.15) is 11.6 Å². The molecule has 2 aromatic rings. The molecule has 0 spiro atoms. The Labute approximate surface area is 171 Å². The first-order valence-corrected chi connectivity index (χ1v) is 9.96. The number of aryl methyl sites for hydroxylation is 2. The van der Waals surface area contributed by atoms with Crippen LogP contribution in [0.4, 0.5) is 11.6 Å². The number of nitrogens with zero attached hydrogens (tertiary/aromatic N) is 5. The highest BCUT2D eigenvalue weighted by molar-refractivity contribution is 6.07. The van der Waals surface area contributed by atoms with Gasteiger partial charge in [-0.25, -0.2) is 9.97 Å². The molecule has 0 aliphatic carbocycles. The van der Waals surface area contributed by atoms with Crippen molar-refractivity contribution in [3.8, 4) is 6.07 Å². The number of rotatable bonds is 6. The molecule has 0 unspecified atom stereocenters. The number of piperazine rings is 1. The van der Waals surface area contributed by atoms with E-state index in [1.54, 1.807) is 24.7 Å². The van der Waals surface area contributed by atoms with E-state index in [9.17, 15) is 10.1 Å². The lowest BCUT2D eigenvalue weighted by atomic mass is 10.0. The molecule has 1 aromatic heterocycles. The van der Waals surface area contributed by atoms with E-state index in [0.717, 1.165) is 42.7 Å². The summed E-state index contributed by atoms with van der Waals surface area (Å²) in [5, 5.41) is 12.5. The molecule has 1 aromatic carbocycles. The summed E-state index contributed by atoms with van der Waals surface area (Å²) in [6.45, 7) is 6.98. The number of nitriles is 1. The third kappa shape index (κ3) is 4.91. The summed E-state index contributed by atoms with van der Waals surface area (Å²) in [4.78, 5) is 25.4. The van der Waals surface area contributed by atoms with Gasteiger partial charge in [-0.3, -0.25) is 4.79 Å². The fourth-order valence-corrected chi connectivity index (χ4v) is 3.41. The maximum Gasteiger partial charge on any atom is 0.267 e. The fourth-order valence-electron chi connectivity index (χ4n) is 3.41. The Balaban J connectivity index is 1.68. The van der Waals surface area contributed by atoms with Gasteiger partial charge in [0.2, 0.25) is 5.95 Å². The summed E-state index contributed by atoms with van der Waals surface area (Å²) in [5.74, 6) is 0.342. The van der Waals surface area contributed by atoms with Crippen LogP contribution in [-0.4, -0.2) is 47.0 Å². The van der Waals surface area contributed by atoms with Crippen LogP contribution >= 0.6 is 0 Å². The van der Waals surface area contributed by atoms with Crippen LogP contribution in [0.3, 0.4) is 0 Å². The van der Waals surface area contributed by atoms with Gasteiger partial charge < -0.3 is 15.1 Å². The highest BCUT2D eigenvalue weighted by Gasteiger charge is 2.19. The number of para-hydroxylation sites is 1. The molecule has 0 bridgehead atoms. The van der Waals surface area contributed by atoms with Gasteiger partial charge in [0.25, 0.3) is 5.91 Å². The lowest BCUT2D eigenvalue weighted by Crippen LogP contribution is -2.45.